The van der Waals surface area contributed by atoms with E-state index in [-0.39, 0.29) is 24.7 Å². The fraction of sp³-hybridized carbons (Fsp3) is 0.500. The van der Waals surface area contributed by atoms with Crippen molar-refractivity contribution in [1.29, 1.82) is 0 Å². The van der Waals surface area contributed by atoms with Crippen LogP contribution in [0.4, 0.5) is 22.0 Å². The Bertz CT molecular complexity index is 490. The molecule has 1 aromatic carbocycles. The van der Waals surface area contributed by atoms with Crippen molar-refractivity contribution in [1.82, 2.24) is 5.32 Å². The molecule has 3 atom stereocenters. The van der Waals surface area contributed by atoms with Gasteiger partial charge in [-0.25, -0.2) is 8.78 Å². The molecule has 2 nitrogen and oxygen atoms in total. The maximum absolute atomic E-state index is 13.3. The van der Waals surface area contributed by atoms with Gasteiger partial charge in [-0.2, -0.15) is 0 Å². The molecule has 0 spiro atoms. The standard InChI is InChI=1S/C12H10F5NO.ClH/c13-11(14)8-5-18-10(9(8)11)6-1-3-7(4-2-6)19-12(15,16)17;/h1-4,8-10,18H,5H2;1H/t8-,9-,10+;/m1./s1. The molecule has 0 bridgehead atoms. The summed E-state index contributed by atoms with van der Waals surface area (Å²) in [6.07, 6.45) is -4.75. The lowest BCUT2D eigenvalue weighted by atomic mass is 10.0. The summed E-state index contributed by atoms with van der Waals surface area (Å²) >= 11 is 0. The van der Waals surface area contributed by atoms with Gasteiger partial charge >= 0.3 is 6.36 Å². The summed E-state index contributed by atoms with van der Waals surface area (Å²) in [5.41, 5.74) is 0.555. The van der Waals surface area contributed by atoms with Crippen molar-refractivity contribution in [2.24, 2.45) is 11.8 Å². The highest BCUT2D eigenvalue weighted by molar-refractivity contribution is 5.85. The molecule has 20 heavy (non-hydrogen) atoms. The van der Waals surface area contributed by atoms with E-state index in [0.29, 0.717) is 5.56 Å². The van der Waals surface area contributed by atoms with Crippen LogP contribution in [0.25, 0.3) is 0 Å². The Balaban J connectivity index is 0.00000147. The second kappa shape index (κ2) is 4.73. The maximum atomic E-state index is 13.3. The predicted octanol–water partition coefficient (Wildman–Crippen LogP) is 3.53. The van der Waals surface area contributed by atoms with Crippen molar-refractivity contribution in [3.8, 4) is 5.75 Å². The van der Waals surface area contributed by atoms with Crippen molar-refractivity contribution >= 4 is 12.4 Å². The van der Waals surface area contributed by atoms with Crippen LogP contribution in [0.5, 0.6) is 5.75 Å². The van der Waals surface area contributed by atoms with Crippen LogP contribution in [-0.2, 0) is 0 Å². The van der Waals surface area contributed by atoms with Gasteiger partial charge in [0.05, 0.1) is 5.92 Å². The lowest BCUT2D eigenvalue weighted by Crippen LogP contribution is -2.24. The van der Waals surface area contributed by atoms with E-state index >= 15 is 0 Å². The van der Waals surface area contributed by atoms with Gasteiger partial charge in [0.15, 0.2) is 0 Å². The van der Waals surface area contributed by atoms with Crippen LogP contribution in [0.3, 0.4) is 0 Å². The molecule has 8 heteroatoms. The molecule has 1 heterocycles. The highest BCUT2D eigenvalue weighted by Gasteiger charge is 2.73. The van der Waals surface area contributed by atoms with Crippen LogP contribution >= 0.6 is 12.4 Å². The lowest BCUT2D eigenvalue weighted by molar-refractivity contribution is -0.274. The number of piperidine rings is 1. The number of alkyl halides is 5. The van der Waals surface area contributed by atoms with Gasteiger partial charge in [0.1, 0.15) is 5.75 Å². The molecule has 3 rings (SSSR count). The number of nitrogens with one attached hydrogen (secondary N) is 1. The highest BCUT2D eigenvalue weighted by Crippen LogP contribution is 2.63. The molecular weight excluding hydrogens is 305 g/mol. The van der Waals surface area contributed by atoms with Crippen LogP contribution in [-0.4, -0.2) is 18.8 Å². The van der Waals surface area contributed by atoms with E-state index in [1.807, 2.05) is 0 Å². The topological polar surface area (TPSA) is 21.3 Å². The zero-order chi connectivity index (χ0) is 13.8. The molecule has 0 aromatic heterocycles. The van der Waals surface area contributed by atoms with E-state index in [2.05, 4.69) is 10.1 Å². The zero-order valence-corrected chi connectivity index (χ0v) is 10.8. The van der Waals surface area contributed by atoms with Crippen LogP contribution in [0, 0.1) is 11.8 Å². The average molecular weight is 316 g/mol. The first kappa shape index (κ1) is 15.3. The van der Waals surface area contributed by atoms with Gasteiger partial charge in [-0.15, -0.1) is 25.6 Å². The Labute approximate surface area is 117 Å². The molecule has 1 aromatic rings. The highest BCUT2D eigenvalue weighted by atomic mass is 35.5. The Morgan fingerprint density at radius 3 is 2.20 bits per heavy atom. The lowest BCUT2D eigenvalue weighted by Gasteiger charge is -2.16. The van der Waals surface area contributed by atoms with E-state index in [4.69, 9.17) is 0 Å². The summed E-state index contributed by atoms with van der Waals surface area (Å²) in [4.78, 5) is 0. The monoisotopic (exact) mass is 315 g/mol. The van der Waals surface area contributed by atoms with Crippen molar-refractivity contribution in [2.75, 3.05) is 6.54 Å². The molecule has 2 aliphatic rings. The average Bonchev–Trinajstić information content (AvgIpc) is 2.70. The molecule has 0 amide bonds. The summed E-state index contributed by atoms with van der Waals surface area (Å²) in [5, 5.41) is 2.95. The van der Waals surface area contributed by atoms with Crippen molar-refractivity contribution in [2.45, 2.75) is 18.3 Å². The van der Waals surface area contributed by atoms with Crippen molar-refractivity contribution < 1.29 is 26.7 Å². The van der Waals surface area contributed by atoms with E-state index in [1.54, 1.807) is 0 Å². The summed E-state index contributed by atoms with van der Waals surface area (Å²) in [7, 11) is 0. The molecule has 1 saturated heterocycles. The third kappa shape index (κ3) is 2.56. The fourth-order valence-corrected chi connectivity index (χ4v) is 2.72. The second-order valence-corrected chi connectivity index (χ2v) is 4.81. The number of benzene rings is 1. The summed E-state index contributed by atoms with van der Waals surface area (Å²) < 4.78 is 66.2. The first-order valence-corrected chi connectivity index (χ1v) is 5.76. The number of hydrogen-bond donors (Lipinski definition) is 1. The Kier molecular flexibility index (Phi) is 3.62. The Morgan fingerprint density at radius 1 is 1.15 bits per heavy atom. The normalized spacial score (nSPS) is 30.4. The Hall–Kier alpha value is -1.08. The molecule has 0 radical (unpaired) electrons. The van der Waals surface area contributed by atoms with Crippen LogP contribution in [0.1, 0.15) is 11.6 Å². The molecule has 112 valence electrons. The van der Waals surface area contributed by atoms with Crippen molar-refractivity contribution in [3.63, 3.8) is 0 Å². The largest absolute Gasteiger partial charge is 0.573 e. The van der Waals surface area contributed by atoms with Crippen molar-refractivity contribution in [3.05, 3.63) is 29.8 Å². The van der Waals surface area contributed by atoms with Crippen LogP contribution < -0.4 is 10.1 Å². The SMILES string of the molecule is Cl.FC(F)(F)Oc1ccc([C@@H]2NC[C@@H]3[C@H]2C3(F)F)cc1. The van der Waals surface area contributed by atoms with Gasteiger partial charge in [0.25, 0.3) is 5.92 Å². The van der Waals surface area contributed by atoms with E-state index in [1.165, 1.54) is 12.1 Å². The van der Waals surface area contributed by atoms with Gasteiger partial charge in [-0.05, 0) is 17.7 Å². The summed E-state index contributed by atoms with van der Waals surface area (Å²) in [5.74, 6) is -4.41. The summed E-state index contributed by atoms with van der Waals surface area (Å²) in [6.45, 7) is 0.239. The van der Waals surface area contributed by atoms with Gasteiger partial charge in [-0.3, -0.25) is 0 Å². The Morgan fingerprint density at radius 2 is 1.75 bits per heavy atom. The van der Waals surface area contributed by atoms with Gasteiger partial charge < -0.3 is 10.1 Å². The molecule has 1 aliphatic carbocycles. The van der Waals surface area contributed by atoms with E-state index in [0.717, 1.165) is 12.1 Å². The predicted molar refractivity (Wildman–Crippen MR) is 63.0 cm³/mol. The number of halogens is 6. The van der Waals surface area contributed by atoms with Gasteiger partial charge in [0, 0.05) is 18.5 Å². The molecule has 0 unspecified atom stereocenters. The first-order chi connectivity index (χ1) is 8.79. The quantitative estimate of drug-likeness (QED) is 0.843. The van der Waals surface area contributed by atoms with Gasteiger partial charge in [0.2, 0.25) is 0 Å². The molecule has 2 fully saturated rings. The zero-order valence-electron chi connectivity index (χ0n) is 9.95. The van der Waals surface area contributed by atoms with Gasteiger partial charge in [-0.1, -0.05) is 12.1 Å². The molecule has 1 aliphatic heterocycles. The number of hydrogen-bond acceptors (Lipinski definition) is 2. The van der Waals surface area contributed by atoms with E-state index in [9.17, 15) is 22.0 Å². The maximum Gasteiger partial charge on any atom is 0.573 e. The van der Waals surface area contributed by atoms with E-state index < -0.39 is 30.2 Å². The number of ether oxygens (including phenoxy) is 1. The second-order valence-electron chi connectivity index (χ2n) is 4.81. The summed E-state index contributed by atoms with van der Waals surface area (Å²) in [6, 6.07) is 4.54. The molecular formula is C12H11ClF5NO. The minimum Gasteiger partial charge on any atom is -0.406 e. The fourth-order valence-electron chi connectivity index (χ4n) is 2.72. The van der Waals surface area contributed by atoms with Crippen LogP contribution in [0.2, 0.25) is 0 Å². The number of rotatable bonds is 2. The third-order valence-corrected chi connectivity index (χ3v) is 3.65. The minimum atomic E-state index is -4.75. The first-order valence-electron chi connectivity index (χ1n) is 5.76. The third-order valence-electron chi connectivity index (χ3n) is 3.65. The van der Waals surface area contributed by atoms with Crippen LogP contribution in [0.15, 0.2) is 24.3 Å². The minimum absolute atomic E-state index is 0. The molecule has 1 N–H and O–H groups in total. The number of fused-ring (bicyclic) bond motifs is 1. The molecule has 1 saturated carbocycles. The smallest absolute Gasteiger partial charge is 0.406 e.